The largest absolute Gasteiger partial charge is 0.502 e. The second-order valence-electron chi connectivity index (χ2n) is 10.6. The van der Waals surface area contributed by atoms with E-state index in [1.807, 2.05) is 18.2 Å². The average molecular weight is 523 g/mol. The van der Waals surface area contributed by atoms with Crippen molar-refractivity contribution in [1.29, 1.82) is 0 Å². The minimum Gasteiger partial charge on any atom is -0.502 e. The molecule has 0 radical (unpaired) electrons. The number of allylic oxidation sites excluding steroid dienone is 1. The minimum atomic E-state index is -0.806. The maximum Gasteiger partial charge on any atom is 0.318 e. The number of rotatable bonds is 15. The summed E-state index contributed by atoms with van der Waals surface area (Å²) in [7, 11) is 0. The monoisotopic (exact) mass is 522 g/mol. The van der Waals surface area contributed by atoms with Crippen LogP contribution in [-0.4, -0.2) is 31.8 Å². The molecule has 0 fully saturated rings. The number of phenols is 1. The molecule has 1 N–H and O–H groups in total. The van der Waals surface area contributed by atoms with Gasteiger partial charge in [-0.3, -0.25) is 20.2 Å². The van der Waals surface area contributed by atoms with Gasteiger partial charge in [0.15, 0.2) is 5.71 Å². The third-order valence-electron chi connectivity index (χ3n) is 7.47. The number of hydrogen-bond donors (Lipinski definition) is 1. The van der Waals surface area contributed by atoms with Gasteiger partial charge in [0.25, 0.3) is 5.69 Å². The Morgan fingerprint density at radius 2 is 1.47 bits per heavy atom. The SMILES string of the molecule is CCCCCCCCCCCC[N+]1=C(/C=C/c2cc([N+](=O)[O-])cc([N+](=O)[O-])c2O)C(C)(C)c2ccccc21. The minimum absolute atomic E-state index is 0.0454. The zero-order chi connectivity index (χ0) is 27.7. The number of nitrogens with zero attached hydrogens (tertiary/aromatic N) is 3. The molecule has 0 saturated heterocycles. The Kier molecular flexibility index (Phi) is 10.2. The molecule has 0 unspecified atom stereocenters. The van der Waals surface area contributed by atoms with Gasteiger partial charge in [0.1, 0.15) is 6.54 Å². The number of hydrogen-bond acceptors (Lipinski definition) is 5. The van der Waals surface area contributed by atoms with E-state index >= 15 is 0 Å². The van der Waals surface area contributed by atoms with Crippen LogP contribution in [0.5, 0.6) is 5.75 Å². The maximum absolute atomic E-state index is 11.4. The van der Waals surface area contributed by atoms with Crippen LogP contribution in [0.25, 0.3) is 6.08 Å². The molecule has 0 aliphatic carbocycles. The van der Waals surface area contributed by atoms with Crippen molar-refractivity contribution in [3.63, 3.8) is 0 Å². The predicted molar refractivity (Wildman–Crippen MR) is 152 cm³/mol. The van der Waals surface area contributed by atoms with Crippen molar-refractivity contribution in [2.24, 2.45) is 0 Å². The lowest BCUT2D eigenvalue weighted by Gasteiger charge is -2.15. The Morgan fingerprint density at radius 1 is 0.868 bits per heavy atom. The van der Waals surface area contributed by atoms with Crippen molar-refractivity contribution >= 4 is 28.8 Å². The van der Waals surface area contributed by atoms with Gasteiger partial charge in [0.05, 0.1) is 21.3 Å². The van der Waals surface area contributed by atoms with E-state index in [0.717, 1.165) is 36.9 Å². The van der Waals surface area contributed by atoms with E-state index in [1.54, 1.807) is 6.08 Å². The maximum atomic E-state index is 11.4. The molecule has 204 valence electrons. The highest BCUT2D eigenvalue weighted by Gasteiger charge is 2.43. The fourth-order valence-corrected chi connectivity index (χ4v) is 5.31. The van der Waals surface area contributed by atoms with Gasteiger partial charge in [-0.05, 0) is 26.3 Å². The van der Waals surface area contributed by atoms with Crippen LogP contribution in [0.15, 0.2) is 42.5 Å². The lowest BCUT2D eigenvalue weighted by molar-refractivity contribution is -0.438. The highest BCUT2D eigenvalue weighted by atomic mass is 16.6. The van der Waals surface area contributed by atoms with Gasteiger partial charge in [0, 0.05) is 35.8 Å². The Hall–Kier alpha value is -3.55. The summed E-state index contributed by atoms with van der Waals surface area (Å²) in [6, 6.07) is 10.2. The Balaban J connectivity index is 1.80. The van der Waals surface area contributed by atoms with Crippen molar-refractivity contribution in [3.8, 4) is 5.75 Å². The summed E-state index contributed by atoms with van der Waals surface area (Å²) in [6.07, 6.45) is 15.9. The van der Waals surface area contributed by atoms with Crippen LogP contribution in [0.4, 0.5) is 17.1 Å². The summed E-state index contributed by atoms with van der Waals surface area (Å²) in [5.41, 5.74) is 1.89. The van der Waals surface area contributed by atoms with Gasteiger partial charge in [0.2, 0.25) is 11.4 Å². The van der Waals surface area contributed by atoms with Gasteiger partial charge in [-0.2, -0.15) is 4.58 Å². The van der Waals surface area contributed by atoms with Gasteiger partial charge in [-0.25, -0.2) is 0 Å². The van der Waals surface area contributed by atoms with Crippen molar-refractivity contribution in [1.82, 2.24) is 0 Å². The number of non-ortho nitro benzene ring substituents is 1. The van der Waals surface area contributed by atoms with E-state index in [1.165, 1.54) is 63.0 Å². The summed E-state index contributed by atoms with van der Waals surface area (Å²) >= 11 is 0. The Bertz CT molecular complexity index is 1220. The number of phenolic OH excluding ortho intramolecular Hbond substituents is 1. The number of nitro benzene ring substituents is 2. The third-order valence-corrected chi connectivity index (χ3v) is 7.47. The summed E-state index contributed by atoms with van der Waals surface area (Å²) in [4.78, 5) is 21.2. The van der Waals surface area contributed by atoms with Crippen molar-refractivity contribution < 1.29 is 19.5 Å². The molecule has 2 aromatic rings. The van der Waals surface area contributed by atoms with Gasteiger partial charge >= 0.3 is 5.69 Å². The van der Waals surface area contributed by atoms with Gasteiger partial charge in [-0.15, -0.1) is 0 Å². The lowest BCUT2D eigenvalue weighted by atomic mass is 9.81. The van der Waals surface area contributed by atoms with Crippen molar-refractivity contribution in [3.05, 3.63) is 73.8 Å². The molecule has 0 spiro atoms. The number of nitro groups is 2. The first-order chi connectivity index (χ1) is 18.2. The molecule has 2 aromatic carbocycles. The third kappa shape index (κ3) is 6.85. The molecule has 0 saturated carbocycles. The second kappa shape index (κ2) is 13.3. The second-order valence-corrected chi connectivity index (χ2v) is 10.6. The van der Waals surface area contributed by atoms with Crippen LogP contribution in [0, 0.1) is 20.2 Å². The lowest BCUT2D eigenvalue weighted by Crippen LogP contribution is -2.27. The Morgan fingerprint density at radius 3 is 2.08 bits per heavy atom. The number of unbranched alkanes of at least 4 members (excludes halogenated alkanes) is 9. The first kappa shape index (κ1) is 29.0. The molecular weight excluding hydrogens is 482 g/mol. The Labute approximate surface area is 225 Å². The van der Waals surface area contributed by atoms with Gasteiger partial charge < -0.3 is 5.11 Å². The molecule has 8 nitrogen and oxygen atoms in total. The number of fused-ring (bicyclic) bond motifs is 1. The van der Waals surface area contributed by atoms with E-state index in [4.69, 9.17) is 0 Å². The summed E-state index contributed by atoms with van der Waals surface area (Å²) < 4.78 is 2.28. The molecule has 1 heterocycles. The summed E-state index contributed by atoms with van der Waals surface area (Å²) in [5.74, 6) is -0.577. The molecule has 0 amide bonds. The average Bonchev–Trinajstić information content (AvgIpc) is 3.10. The quantitative estimate of drug-likeness (QED) is 0.110. The van der Waals surface area contributed by atoms with Gasteiger partial charge in [-0.1, -0.05) is 76.5 Å². The standard InChI is InChI=1S/C30H39N3O5/c1-4-5-6-7-8-9-10-11-12-15-20-31-26-17-14-13-16-25(26)30(2,3)28(31)19-18-23-21-24(32(35)36)22-27(29(23)34)33(37)38/h13-14,16-19,21-22H,4-12,15,20H2,1-3H3/p+1. The highest BCUT2D eigenvalue weighted by Crippen LogP contribution is 2.41. The van der Waals surface area contributed by atoms with E-state index < -0.39 is 27.0 Å². The van der Waals surface area contributed by atoms with Crippen LogP contribution in [0.3, 0.4) is 0 Å². The molecule has 3 rings (SSSR count). The molecule has 1 aliphatic rings. The first-order valence-electron chi connectivity index (χ1n) is 13.8. The normalized spacial score (nSPS) is 14.3. The summed E-state index contributed by atoms with van der Waals surface area (Å²) in [6.45, 7) is 7.32. The number of aromatic hydroxyl groups is 1. The van der Waals surface area contributed by atoms with Crippen LogP contribution < -0.4 is 0 Å². The number of benzene rings is 2. The predicted octanol–water partition coefficient (Wildman–Crippen LogP) is 8.22. The molecule has 38 heavy (non-hydrogen) atoms. The van der Waals surface area contributed by atoms with Crippen LogP contribution in [-0.2, 0) is 5.41 Å². The summed E-state index contributed by atoms with van der Waals surface area (Å²) in [5, 5.41) is 33.2. The topological polar surface area (TPSA) is 110 Å². The zero-order valence-corrected chi connectivity index (χ0v) is 22.8. The number of para-hydroxylation sites is 1. The fourth-order valence-electron chi connectivity index (χ4n) is 5.31. The van der Waals surface area contributed by atoms with Crippen molar-refractivity contribution in [2.45, 2.75) is 90.4 Å². The van der Waals surface area contributed by atoms with Crippen LogP contribution >= 0.6 is 0 Å². The fraction of sp³-hybridized carbons (Fsp3) is 0.500. The molecule has 1 aliphatic heterocycles. The smallest absolute Gasteiger partial charge is 0.318 e. The van der Waals surface area contributed by atoms with E-state index in [0.29, 0.717) is 0 Å². The van der Waals surface area contributed by atoms with E-state index in [9.17, 15) is 25.3 Å². The molecule has 0 aromatic heterocycles. The van der Waals surface area contributed by atoms with Crippen molar-refractivity contribution in [2.75, 3.05) is 6.54 Å². The first-order valence-corrected chi connectivity index (χ1v) is 13.8. The molecule has 0 bridgehead atoms. The highest BCUT2D eigenvalue weighted by molar-refractivity contribution is 6.05. The van der Waals surface area contributed by atoms with E-state index in [-0.39, 0.29) is 11.0 Å². The molecule has 8 heteroatoms. The zero-order valence-electron chi connectivity index (χ0n) is 22.8. The molecule has 0 atom stereocenters. The van der Waals surface area contributed by atoms with Crippen LogP contribution in [0.2, 0.25) is 0 Å². The van der Waals surface area contributed by atoms with Crippen LogP contribution in [0.1, 0.15) is 96.1 Å². The molecular formula is C30H40N3O5+. The van der Waals surface area contributed by atoms with E-state index in [2.05, 4.69) is 37.5 Å².